The zero-order valence-electron chi connectivity index (χ0n) is 17.3. The molecule has 0 bridgehead atoms. The lowest BCUT2D eigenvalue weighted by molar-refractivity contribution is -0.139. The Morgan fingerprint density at radius 2 is 1.71 bits per heavy atom. The summed E-state index contributed by atoms with van der Waals surface area (Å²) in [5.74, 6) is -0.548. The predicted octanol–water partition coefficient (Wildman–Crippen LogP) is 4.17. The highest BCUT2D eigenvalue weighted by Gasteiger charge is 2.17. The van der Waals surface area contributed by atoms with Crippen molar-refractivity contribution in [3.63, 3.8) is 0 Å². The first kappa shape index (κ1) is 22.5. The molecule has 0 unspecified atom stereocenters. The largest absolute Gasteiger partial charge is 0.481 e. The van der Waals surface area contributed by atoms with Crippen LogP contribution in [0.25, 0.3) is 16.8 Å². The van der Waals surface area contributed by atoms with E-state index in [2.05, 4.69) is 0 Å². The first-order chi connectivity index (χ1) is 14.9. The van der Waals surface area contributed by atoms with Crippen LogP contribution in [0.5, 0.6) is 5.75 Å². The highest BCUT2D eigenvalue weighted by molar-refractivity contribution is 7.92. The Kier molecular flexibility index (Phi) is 7.44. The number of sulfonamides is 1. The van der Waals surface area contributed by atoms with Crippen LogP contribution in [0.2, 0.25) is 0 Å². The van der Waals surface area contributed by atoms with Crippen LogP contribution < -0.4 is 4.74 Å². The first-order valence-corrected chi connectivity index (χ1v) is 11.5. The number of benzene rings is 3. The lowest BCUT2D eigenvalue weighted by Gasteiger charge is -2.19. The molecule has 3 aromatic carbocycles. The van der Waals surface area contributed by atoms with Gasteiger partial charge in [-0.15, -0.1) is 0 Å². The van der Waals surface area contributed by atoms with Gasteiger partial charge in [0.1, 0.15) is 5.75 Å². The van der Waals surface area contributed by atoms with Gasteiger partial charge in [0.25, 0.3) is 0 Å². The quantitative estimate of drug-likeness (QED) is 0.513. The third kappa shape index (κ3) is 5.93. The Labute approximate surface area is 182 Å². The number of aliphatic carboxylic acids is 1. The molecule has 0 atom stereocenters. The molecule has 0 aromatic heterocycles. The summed E-state index contributed by atoms with van der Waals surface area (Å²) < 4.78 is 32.4. The average molecular weight is 440 g/mol. The number of nitrogens with zero attached hydrogens (tertiary/aromatic N) is 1. The van der Waals surface area contributed by atoms with E-state index in [4.69, 9.17) is 9.84 Å². The van der Waals surface area contributed by atoms with Gasteiger partial charge in [-0.2, -0.15) is 4.31 Å². The van der Waals surface area contributed by atoms with Crippen molar-refractivity contribution in [2.75, 3.05) is 19.7 Å². The predicted molar refractivity (Wildman–Crippen MR) is 122 cm³/mol. The van der Waals surface area contributed by atoms with Crippen LogP contribution in [0.15, 0.2) is 72.1 Å². The fraction of sp³-hybridized carbons (Fsp3) is 0.208. The Bertz CT molecular complexity index is 1170. The van der Waals surface area contributed by atoms with E-state index >= 15 is 0 Å². The van der Waals surface area contributed by atoms with Crippen LogP contribution in [-0.2, 0) is 21.2 Å². The van der Waals surface area contributed by atoms with Gasteiger partial charge in [-0.25, -0.2) is 13.2 Å². The molecule has 0 spiro atoms. The minimum absolute atomic E-state index is 0.331. The van der Waals surface area contributed by atoms with Gasteiger partial charge in [0.15, 0.2) is 6.61 Å². The zero-order valence-corrected chi connectivity index (χ0v) is 18.1. The monoisotopic (exact) mass is 439 g/mol. The summed E-state index contributed by atoms with van der Waals surface area (Å²) in [6, 6.07) is 20.4. The van der Waals surface area contributed by atoms with Gasteiger partial charge in [0, 0.05) is 23.9 Å². The summed E-state index contributed by atoms with van der Waals surface area (Å²) in [6.07, 6.45) is 2.12. The van der Waals surface area contributed by atoms with Gasteiger partial charge < -0.3 is 9.84 Å². The van der Waals surface area contributed by atoms with E-state index in [1.165, 1.54) is 9.71 Å². The van der Waals surface area contributed by atoms with E-state index in [1.807, 2.05) is 61.5 Å². The first-order valence-electron chi connectivity index (χ1n) is 9.99. The summed E-state index contributed by atoms with van der Waals surface area (Å²) in [5.41, 5.74) is 1.80. The summed E-state index contributed by atoms with van der Waals surface area (Å²) in [6.45, 7) is 2.09. The Hall–Kier alpha value is -3.16. The standard InChI is InChI=1S/C24H25NO5S/c1-2-25(31(28,29)17-15-19-8-4-3-5-9-19)16-14-20-10-6-12-22-21(20)11-7-13-23(22)30-18-24(26)27/h3-13,15,17H,2,14,16,18H2,1H3,(H,26,27)/b17-15+. The molecule has 0 heterocycles. The fourth-order valence-corrected chi connectivity index (χ4v) is 4.56. The Balaban J connectivity index is 1.78. The van der Waals surface area contributed by atoms with Crippen molar-refractivity contribution >= 4 is 32.8 Å². The Morgan fingerprint density at radius 3 is 2.42 bits per heavy atom. The average Bonchev–Trinajstić information content (AvgIpc) is 2.77. The second kappa shape index (κ2) is 10.2. The normalized spacial score (nSPS) is 11.9. The molecule has 1 N–H and O–H groups in total. The summed E-state index contributed by atoms with van der Waals surface area (Å²) in [5, 5.41) is 11.8. The van der Waals surface area contributed by atoms with Gasteiger partial charge in [-0.05, 0) is 35.1 Å². The number of rotatable bonds is 10. The molecule has 7 heteroatoms. The molecule has 162 valence electrons. The van der Waals surface area contributed by atoms with E-state index in [9.17, 15) is 13.2 Å². The van der Waals surface area contributed by atoms with E-state index in [0.29, 0.717) is 25.3 Å². The molecule has 0 saturated carbocycles. The maximum Gasteiger partial charge on any atom is 0.341 e. The molecular weight excluding hydrogens is 414 g/mol. The van der Waals surface area contributed by atoms with Crippen LogP contribution in [0.3, 0.4) is 0 Å². The number of fused-ring (bicyclic) bond motifs is 1. The molecule has 31 heavy (non-hydrogen) atoms. The molecule has 0 aliphatic heterocycles. The number of hydrogen-bond acceptors (Lipinski definition) is 4. The minimum atomic E-state index is -3.56. The molecular formula is C24H25NO5S. The number of carboxylic acids is 1. The maximum absolute atomic E-state index is 12.8. The molecule has 0 aliphatic carbocycles. The van der Waals surface area contributed by atoms with Gasteiger partial charge in [0.2, 0.25) is 10.0 Å². The van der Waals surface area contributed by atoms with E-state index in [0.717, 1.165) is 21.9 Å². The fourth-order valence-electron chi connectivity index (χ4n) is 3.35. The molecule has 0 aliphatic rings. The number of hydrogen-bond donors (Lipinski definition) is 1. The van der Waals surface area contributed by atoms with Crippen LogP contribution in [0.4, 0.5) is 0 Å². The van der Waals surface area contributed by atoms with Crippen molar-refractivity contribution in [1.29, 1.82) is 0 Å². The van der Waals surface area contributed by atoms with Crippen molar-refractivity contribution in [2.24, 2.45) is 0 Å². The minimum Gasteiger partial charge on any atom is -0.481 e. The van der Waals surface area contributed by atoms with Crippen molar-refractivity contribution in [2.45, 2.75) is 13.3 Å². The molecule has 0 radical (unpaired) electrons. The summed E-state index contributed by atoms with van der Waals surface area (Å²) in [4.78, 5) is 10.8. The van der Waals surface area contributed by atoms with Crippen molar-refractivity contribution in [1.82, 2.24) is 4.31 Å². The van der Waals surface area contributed by atoms with Crippen LogP contribution in [0, 0.1) is 0 Å². The third-order valence-corrected chi connectivity index (χ3v) is 6.54. The molecule has 0 fully saturated rings. The van der Waals surface area contributed by atoms with Crippen molar-refractivity contribution < 1.29 is 23.1 Å². The molecule has 6 nitrogen and oxygen atoms in total. The maximum atomic E-state index is 12.8. The van der Waals surface area contributed by atoms with Gasteiger partial charge in [-0.3, -0.25) is 0 Å². The van der Waals surface area contributed by atoms with E-state index < -0.39 is 22.6 Å². The molecule has 3 aromatic rings. The second-order valence-corrected chi connectivity index (χ2v) is 8.77. The topological polar surface area (TPSA) is 83.9 Å². The molecule has 0 saturated heterocycles. The second-order valence-electron chi connectivity index (χ2n) is 6.95. The smallest absolute Gasteiger partial charge is 0.341 e. The van der Waals surface area contributed by atoms with Gasteiger partial charge in [-0.1, -0.05) is 67.6 Å². The van der Waals surface area contributed by atoms with E-state index in [1.54, 1.807) is 18.2 Å². The van der Waals surface area contributed by atoms with Crippen molar-refractivity contribution in [3.05, 3.63) is 83.3 Å². The van der Waals surface area contributed by atoms with Crippen LogP contribution in [-0.4, -0.2) is 43.5 Å². The van der Waals surface area contributed by atoms with E-state index in [-0.39, 0.29) is 0 Å². The lowest BCUT2D eigenvalue weighted by Crippen LogP contribution is -2.31. The zero-order chi connectivity index (χ0) is 22.3. The highest BCUT2D eigenvalue weighted by Crippen LogP contribution is 2.28. The van der Waals surface area contributed by atoms with Gasteiger partial charge >= 0.3 is 5.97 Å². The molecule has 0 amide bonds. The Morgan fingerprint density at radius 1 is 1.00 bits per heavy atom. The number of carbonyl (C=O) groups is 1. The highest BCUT2D eigenvalue weighted by atomic mass is 32.2. The summed E-state index contributed by atoms with van der Waals surface area (Å²) in [7, 11) is -3.56. The van der Waals surface area contributed by atoms with Crippen molar-refractivity contribution in [3.8, 4) is 5.75 Å². The molecule has 3 rings (SSSR count). The lowest BCUT2D eigenvalue weighted by atomic mass is 10.0. The van der Waals surface area contributed by atoms with Crippen LogP contribution >= 0.6 is 0 Å². The third-order valence-electron chi connectivity index (χ3n) is 4.90. The number of likely N-dealkylation sites (N-methyl/N-ethyl adjacent to an activating group) is 1. The van der Waals surface area contributed by atoms with Crippen LogP contribution in [0.1, 0.15) is 18.1 Å². The summed E-state index contributed by atoms with van der Waals surface area (Å²) >= 11 is 0. The SMILES string of the molecule is CCN(CCc1cccc2c(OCC(=O)O)cccc12)S(=O)(=O)/C=C/c1ccccc1. The van der Waals surface area contributed by atoms with Gasteiger partial charge in [0.05, 0.1) is 0 Å². The number of ether oxygens (including phenoxy) is 1. The number of carboxylic acid groups (broad SMARTS) is 1.